The number of amides is 1. The van der Waals surface area contributed by atoms with E-state index in [1.807, 2.05) is 60.7 Å². The zero-order chi connectivity index (χ0) is 20.2. The first-order chi connectivity index (χ1) is 14.2. The second-order valence-electron chi connectivity index (χ2n) is 6.86. The van der Waals surface area contributed by atoms with Gasteiger partial charge in [0.25, 0.3) is 5.91 Å². The van der Waals surface area contributed by atoms with Gasteiger partial charge in [0.1, 0.15) is 22.1 Å². The maximum Gasteiger partial charge on any atom is 0.260 e. The Balaban J connectivity index is 1.72. The van der Waals surface area contributed by atoms with Crippen molar-refractivity contribution in [3.05, 3.63) is 76.4 Å². The molecule has 0 aliphatic carbocycles. The molecule has 4 rings (SSSR count). The Labute approximate surface area is 174 Å². The van der Waals surface area contributed by atoms with Crippen LogP contribution in [0.4, 0.5) is 5.69 Å². The lowest BCUT2D eigenvalue weighted by molar-refractivity contribution is -0.125. The average Bonchev–Trinajstić information content (AvgIpc) is 3.38. The maximum atomic E-state index is 13.1. The fourth-order valence-corrected chi connectivity index (χ4v) is 4.39. The third-order valence-electron chi connectivity index (χ3n) is 4.90. The summed E-state index contributed by atoms with van der Waals surface area (Å²) in [6.45, 7) is 1.44. The number of para-hydroxylation sites is 1. The fraction of sp³-hybridized carbons (Fsp3) is 0.217. The van der Waals surface area contributed by atoms with Gasteiger partial charge in [-0.3, -0.25) is 4.79 Å². The molecular weight excluding hydrogens is 384 g/mol. The second-order valence-corrected chi connectivity index (χ2v) is 7.89. The molecule has 5 nitrogen and oxygen atoms in total. The topological polar surface area (TPSA) is 62.1 Å². The normalized spacial score (nSPS) is 19.4. The van der Waals surface area contributed by atoms with E-state index in [0.29, 0.717) is 15.5 Å². The van der Waals surface area contributed by atoms with Crippen molar-refractivity contribution in [2.45, 2.75) is 12.8 Å². The first-order valence-corrected chi connectivity index (χ1v) is 10.4. The zero-order valence-electron chi connectivity index (χ0n) is 16.2. The molecule has 6 heteroatoms. The Morgan fingerprint density at radius 2 is 1.79 bits per heavy atom. The Kier molecular flexibility index (Phi) is 5.71. The molecule has 1 fully saturated rings. The van der Waals surface area contributed by atoms with Crippen molar-refractivity contribution >= 4 is 34.5 Å². The predicted octanol–water partition coefficient (Wildman–Crippen LogP) is 4.95. The molecule has 0 bridgehead atoms. The highest BCUT2D eigenvalue weighted by Crippen LogP contribution is 2.40. The fourth-order valence-electron chi connectivity index (χ4n) is 3.35. The van der Waals surface area contributed by atoms with Crippen molar-refractivity contribution in [2.24, 2.45) is 4.99 Å². The summed E-state index contributed by atoms with van der Waals surface area (Å²) in [5.41, 5.74) is 1.95. The minimum atomic E-state index is -0.152. The number of ether oxygens (including phenoxy) is 1. The van der Waals surface area contributed by atoms with E-state index in [0.717, 1.165) is 42.9 Å². The molecule has 2 aliphatic heterocycles. The van der Waals surface area contributed by atoms with Crippen molar-refractivity contribution < 1.29 is 14.6 Å². The number of likely N-dealkylation sites (tertiary alicyclic amines) is 1. The molecule has 2 aromatic carbocycles. The lowest BCUT2D eigenvalue weighted by atomic mass is 10.1. The van der Waals surface area contributed by atoms with Gasteiger partial charge in [0.15, 0.2) is 0 Å². The highest BCUT2D eigenvalue weighted by atomic mass is 32.2. The van der Waals surface area contributed by atoms with E-state index in [9.17, 15) is 9.90 Å². The van der Waals surface area contributed by atoms with E-state index >= 15 is 0 Å². The molecular formula is C23H22N2O3S. The number of carbonyl (C=O) groups is 1. The molecule has 0 spiro atoms. The third kappa shape index (κ3) is 4.22. The van der Waals surface area contributed by atoms with Gasteiger partial charge in [0.2, 0.25) is 0 Å². The Morgan fingerprint density at radius 3 is 2.45 bits per heavy atom. The summed E-state index contributed by atoms with van der Waals surface area (Å²) in [5.74, 6) is 0.611. The van der Waals surface area contributed by atoms with Gasteiger partial charge in [-0.25, -0.2) is 4.99 Å². The van der Waals surface area contributed by atoms with Gasteiger partial charge >= 0.3 is 0 Å². The lowest BCUT2D eigenvalue weighted by Crippen LogP contribution is -2.31. The van der Waals surface area contributed by atoms with Crippen molar-refractivity contribution in [1.82, 2.24) is 4.90 Å². The van der Waals surface area contributed by atoms with Crippen LogP contribution in [-0.2, 0) is 4.79 Å². The number of aliphatic imine (C=N–C) groups is 1. The minimum Gasteiger partial charge on any atom is -0.506 e. The van der Waals surface area contributed by atoms with E-state index < -0.39 is 0 Å². The molecule has 0 atom stereocenters. The van der Waals surface area contributed by atoms with E-state index in [1.54, 1.807) is 12.0 Å². The van der Waals surface area contributed by atoms with Gasteiger partial charge in [0, 0.05) is 13.1 Å². The molecule has 2 heterocycles. The van der Waals surface area contributed by atoms with Crippen molar-refractivity contribution in [3.8, 4) is 5.75 Å². The number of aliphatic hydroxyl groups excluding tert-OH is 1. The molecule has 2 aliphatic rings. The summed E-state index contributed by atoms with van der Waals surface area (Å²) in [7, 11) is 1.62. The quantitative estimate of drug-likeness (QED) is 0.781. The zero-order valence-corrected chi connectivity index (χ0v) is 17.0. The number of rotatable bonds is 4. The highest BCUT2D eigenvalue weighted by Gasteiger charge is 2.35. The molecule has 148 valence electrons. The molecule has 29 heavy (non-hydrogen) atoms. The van der Waals surface area contributed by atoms with E-state index in [2.05, 4.69) is 4.99 Å². The van der Waals surface area contributed by atoms with Crippen LogP contribution in [0.1, 0.15) is 18.4 Å². The molecule has 1 saturated heterocycles. The van der Waals surface area contributed by atoms with Crippen LogP contribution in [0.2, 0.25) is 0 Å². The van der Waals surface area contributed by atoms with Gasteiger partial charge in [-0.15, -0.1) is 0 Å². The van der Waals surface area contributed by atoms with Crippen LogP contribution in [0.3, 0.4) is 0 Å². The first-order valence-electron chi connectivity index (χ1n) is 9.56. The minimum absolute atomic E-state index is 0.00241. The number of methoxy groups -OCH3 is 1. The van der Waals surface area contributed by atoms with Crippen LogP contribution in [-0.4, -0.2) is 41.2 Å². The molecule has 0 aromatic heterocycles. The molecule has 0 radical (unpaired) electrons. The summed E-state index contributed by atoms with van der Waals surface area (Å²) in [6.07, 6.45) is 3.85. The van der Waals surface area contributed by atoms with Gasteiger partial charge in [-0.05, 0) is 48.7 Å². The molecule has 2 aromatic rings. The Bertz CT molecular complexity index is 989. The van der Waals surface area contributed by atoms with E-state index in [-0.39, 0.29) is 11.7 Å². The van der Waals surface area contributed by atoms with E-state index in [4.69, 9.17) is 4.74 Å². The highest BCUT2D eigenvalue weighted by molar-refractivity contribution is 8.18. The third-order valence-corrected chi connectivity index (χ3v) is 5.92. The molecule has 1 N–H and O–H groups in total. The Morgan fingerprint density at radius 1 is 1.10 bits per heavy atom. The average molecular weight is 407 g/mol. The van der Waals surface area contributed by atoms with Crippen LogP contribution in [0.15, 0.2) is 75.8 Å². The summed E-state index contributed by atoms with van der Waals surface area (Å²) >= 11 is 1.32. The number of aliphatic hydroxyl groups is 1. The van der Waals surface area contributed by atoms with Crippen LogP contribution < -0.4 is 4.74 Å². The first kappa shape index (κ1) is 19.3. The van der Waals surface area contributed by atoms with Gasteiger partial charge in [-0.2, -0.15) is 0 Å². The number of nitrogens with zero attached hydrogens (tertiary/aromatic N) is 2. The summed E-state index contributed by atoms with van der Waals surface area (Å²) < 4.78 is 5.20. The lowest BCUT2D eigenvalue weighted by Gasteiger charge is -2.16. The van der Waals surface area contributed by atoms with Crippen LogP contribution in [0, 0.1) is 0 Å². The standard InChI is InChI=1S/C23H22N2O3S/c1-28-18-11-9-16(10-12-18)15-19-21(26)20(23(27)25-13-5-6-14-25)22(29-19)24-17-7-3-2-4-8-17/h2-4,7-12,15,26H,5-6,13-14H2,1H3/b19-15-,24-22?. The molecule has 1 amide bonds. The SMILES string of the molecule is COc1ccc(/C=C2\SC(=Nc3ccccc3)C(C(=O)N3CCCC3)=C2O)cc1. The maximum absolute atomic E-state index is 13.1. The Hall–Kier alpha value is -2.99. The van der Waals surface area contributed by atoms with Gasteiger partial charge < -0.3 is 14.7 Å². The molecule has 0 saturated carbocycles. The monoisotopic (exact) mass is 406 g/mol. The van der Waals surface area contributed by atoms with Crippen LogP contribution in [0.5, 0.6) is 5.75 Å². The largest absolute Gasteiger partial charge is 0.506 e. The van der Waals surface area contributed by atoms with Gasteiger partial charge in [0.05, 0.1) is 17.7 Å². The second kappa shape index (κ2) is 8.57. The summed E-state index contributed by atoms with van der Waals surface area (Å²) in [4.78, 5) is 20.2. The van der Waals surface area contributed by atoms with Crippen molar-refractivity contribution in [1.29, 1.82) is 0 Å². The number of hydrogen-bond acceptors (Lipinski definition) is 5. The number of hydrogen-bond donors (Lipinski definition) is 1. The number of carbonyl (C=O) groups excluding carboxylic acids is 1. The van der Waals surface area contributed by atoms with Crippen LogP contribution >= 0.6 is 11.8 Å². The number of benzene rings is 2. The van der Waals surface area contributed by atoms with Crippen LogP contribution in [0.25, 0.3) is 6.08 Å². The van der Waals surface area contributed by atoms with E-state index in [1.165, 1.54) is 11.8 Å². The van der Waals surface area contributed by atoms with Crippen molar-refractivity contribution in [3.63, 3.8) is 0 Å². The predicted molar refractivity (Wildman–Crippen MR) is 118 cm³/mol. The van der Waals surface area contributed by atoms with Crippen molar-refractivity contribution in [2.75, 3.05) is 20.2 Å². The summed E-state index contributed by atoms with van der Waals surface area (Å²) in [6, 6.07) is 17.0. The molecule has 0 unspecified atom stereocenters. The summed E-state index contributed by atoms with van der Waals surface area (Å²) in [5, 5.41) is 11.5. The van der Waals surface area contributed by atoms with Gasteiger partial charge in [-0.1, -0.05) is 42.1 Å². The smallest absolute Gasteiger partial charge is 0.260 e. The number of thioether (sulfide) groups is 1.